The zero-order chi connectivity index (χ0) is 23.8. The van der Waals surface area contributed by atoms with E-state index in [1.165, 1.54) is 5.56 Å². The van der Waals surface area contributed by atoms with Crippen molar-refractivity contribution in [1.29, 1.82) is 0 Å². The van der Waals surface area contributed by atoms with Crippen LogP contribution in [0.15, 0.2) is 78.9 Å². The summed E-state index contributed by atoms with van der Waals surface area (Å²) in [5.74, 6) is 0.935. The first-order valence-electron chi connectivity index (χ1n) is 11.3. The van der Waals surface area contributed by atoms with Gasteiger partial charge in [-0.05, 0) is 42.0 Å². The molecule has 0 spiro atoms. The molecule has 2 amide bonds. The van der Waals surface area contributed by atoms with Crippen LogP contribution in [0.1, 0.15) is 15.9 Å². The highest BCUT2D eigenvalue weighted by Crippen LogP contribution is 2.18. The summed E-state index contributed by atoms with van der Waals surface area (Å²) in [5.41, 5.74) is 2.54. The Hall–Kier alpha value is -3.84. The lowest BCUT2D eigenvalue weighted by Crippen LogP contribution is -2.48. The minimum Gasteiger partial charge on any atom is -0.497 e. The van der Waals surface area contributed by atoms with Gasteiger partial charge < -0.3 is 19.7 Å². The molecule has 1 aliphatic heterocycles. The lowest BCUT2D eigenvalue weighted by atomic mass is 10.1. The van der Waals surface area contributed by atoms with E-state index < -0.39 is 0 Å². The minimum absolute atomic E-state index is 0.0154. The topological polar surface area (TPSA) is 71.1 Å². The Bertz CT molecular complexity index is 1090. The van der Waals surface area contributed by atoms with Gasteiger partial charge in [0.25, 0.3) is 11.8 Å². The Morgan fingerprint density at radius 2 is 1.59 bits per heavy atom. The fourth-order valence-electron chi connectivity index (χ4n) is 3.87. The van der Waals surface area contributed by atoms with Crippen molar-refractivity contribution in [3.8, 4) is 11.5 Å². The van der Waals surface area contributed by atoms with Gasteiger partial charge in [0.15, 0.2) is 6.61 Å². The van der Waals surface area contributed by atoms with Crippen LogP contribution in [0.2, 0.25) is 0 Å². The second-order valence-corrected chi connectivity index (χ2v) is 8.15. The van der Waals surface area contributed by atoms with Gasteiger partial charge in [0.2, 0.25) is 0 Å². The third-order valence-electron chi connectivity index (χ3n) is 5.73. The van der Waals surface area contributed by atoms with Crippen LogP contribution in [0, 0.1) is 0 Å². The molecule has 7 heteroatoms. The van der Waals surface area contributed by atoms with Crippen molar-refractivity contribution in [3.63, 3.8) is 0 Å². The predicted molar refractivity (Wildman–Crippen MR) is 131 cm³/mol. The molecular formula is C27H29N3O4. The molecule has 1 saturated heterocycles. The average Bonchev–Trinajstić information content (AvgIpc) is 2.88. The lowest BCUT2D eigenvalue weighted by molar-refractivity contribution is -0.118. The van der Waals surface area contributed by atoms with Gasteiger partial charge in [-0.3, -0.25) is 14.5 Å². The highest BCUT2D eigenvalue weighted by Gasteiger charge is 2.22. The van der Waals surface area contributed by atoms with Crippen molar-refractivity contribution in [2.75, 3.05) is 45.2 Å². The molecule has 4 rings (SSSR count). The number of anilines is 1. The van der Waals surface area contributed by atoms with E-state index in [0.717, 1.165) is 19.6 Å². The number of nitrogens with zero attached hydrogens (tertiary/aromatic N) is 2. The van der Waals surface area contributed by atoms with E-state index in [0.29, 0.717) is 35.8 Å². The van der Waals surface area contributed by atoms with Crippen LogP contribution in [-0.4, -0.2) is 61.5 Å². The smallest absolute Gasteiger partial charge is 0.262 e. The van der Waals surface area contributed by atoms with Crippen LogP contribution in [0.3, 0.4) is 0 Å². The van der Waals surface area contributed by atoms with Gasteiger partial charge in [-0.2, -0.15) is 0 Å². The van der Waals surface area contributed by atoms with Gasteiger partial charge in [-0.25, -0.2) is 0 Å². The summed E-state index contributed by atoms with van der Waals surface area (Å²) in [5, 5.41) is 2.77. The fraction of sp³-hybridized carbons (Fsp3) is 0.259. The van der Waals surface area contributed by atoms with Gasteiger partial charge in [0.1, 0.15) is 11.5 Å². The molecule has 1 heterocycles. The van der Waals surface area contributed by atoms with Crippen LogP contribution in [0.5, 0.6) is 11.5 Å². The number of hydrogen-bond acceptors (Lipinski definition) is 5. The average molecular weight is 460 g/mol. The van der Waals surface area contributed by atoms with Gasteiger partial charge in [-0.15, -0.1) is 0 Å². The van der Waals surface area contributed by atoms with E-state index in [1.807, 2.05) is 11.0 Å². The predicted octanol–water partition coefficient (Wildman–Crippen LogP) is 3.67. The Labute approximate surface area is 199 Å². The number of nitrogens with one attached hydrogen (secondary N) is 1. The van der Waals surface area contributed by atoms with Gasteiger partial charge in [0.05, 0.1) is 7.11 Å². The summed E-state index contributed by atoms with van der Waals surface area (Å²) in [6.45, 7) is 3.88. The van der Waals surface area contributed by atoms with Gasteiger partial charge in [0, 0.05) is 50.0 Å². The number of piperazine rings is 1. The third-order valence-corrected chi connectivity index (χ3v) is 5.73. The van der Waals surface area contributed by atoms with Gasteiger partial charge in [-0.1, -0.05) is 36.4 Å². The number of ether oxygens (including phenoxy) is 2. The van der Waals surface area contributed by atoms with Crippen LogP contribution in [-0.2, 0) is 11.3 Å². The molecule has 3 aromatic rings. The quantitative estimate of drug-likeness (QED) is 0.557. The highest BCUT2D eigenvalue weighted by molar-refractivity contribution is 5.94. The Morgan fingerprint density at radius 3 is 2.29 bits per heavy atom. The largest absolute Gasteiger partial charge is 0.497 e. The van der Waals surface area contributed by atoms with Crippen LogP contribution < -0.4 is 14.8 Å². The number of amides is 2. The standard InChI is InChI=1S/C27H29N3O4/c1-33-25-9-5-8-23(18-25)28-26(31)20-34-24-12-10-22(11-13-24)27(32)30-16-14-29(15-17-30)19-21-6-3-2-4-7-21/h2-13,18H,14-17,19-20H2,1H3,(H,28,31). The third kappa shape index (κ3) is 6.36. The zero-order valence-electron chi connectivity index (χ0n) is 19.3. The highest BCUT2D eigenvalue weighted by atomic mass is 16.5. The summed E-state index contributed by atoms with van der Waals surface area (Å²) in [6.07, 6.45) is 0. The molecule has 1 fully saturated rings. The molecule has 0 aromatic heterocycles. The summed E-state index contributed by atoms with van der Waals surface area (Å²) in [4.78, 5) is 29.3. The van der Waals surface area contributed by atoms with Crippen molar-refractivity contribution in [3.05, 3.63) is 90.0 Å². The van der Waals surface area contributed by atoms with E-state index in [1.54, 1.807) is 55.6 Å². The molecule has 0 unspecified atom stereocenters. The molecule has 1 aliphatic rings. The Kier molecular flexibility index (Phi) is 7.78. The maximum absolute atomic E-state index is 12.9. The number of carbonyl (C=O) groups excluding carboxylic acids is 2. The fourth-order valence-corrected chi connectivity index (χ4v) is 3.87. The summed E-state index contributed by atoms with van der Waals surface area (Å²) in [7, 11) is 1.57. The summed E-state index contributed by atoms with van der Waals surface area (Å²) >= 11 is 0. The maximum Gasteiger partial charge on any atom is 0.262 e. The van der Waals surface area contributed by atoms with Crippen molar-refractivity contribution >= 4 is 17.5 Å². The molecule has 34 heavy (non-hydrogen) atoms. The normalized spacial score (nSPS) is 13.9. The van der Waals surface area contributed by atoms with Crippen LogP contribution in [0.4, 0.5) is 5.69 Å². The Balaban J connectivity index is 1.23. The number of rotatable bonds is 8. The van der Waals surface area contributed by atoms with E-state index >= 15 is 0 Å². The van der Waals surface area contributed by atoms with Crippen molar-refractivity contribution in [2.45, 2.75) is 6.54 Å². The molecular weight excluding hydrogens is 430 g/mol. The van der Waals surface area contributed by atoms with Crippen molar-refractivity contribution < 1.29 is 19.1 Å². The first kappa shape index (κ1) is 23.3. The van der Waals surface area contributed by atoms with Crippen LogP contribution >= 0.6 is 0 Å². The van der Waals surface area contributed by atoms with Crippen molar-refractivity contribution in [1.82, 2.24) is 9.80 Å². The zero-order valence-corrected chi connectivity index (χ0v) is 19.3. The molecule has 3 aromatic carbocycles. The molecule has 0 atom stereocenters. The van der Waals surface area contributed by atoms with E-state index in [4.69, 9.17) is 9.47 Å². The summed E-state index contributed by atoms with van der Waals surface area (Å²) < 4.78 is 10.7. The minimum atomic E-state index is -0.276. The molecule has 1 N–H and O–H groups in total. The van der Waals surface area contributed by atoms with Crippen molar-refractivity contribution in [2.24, 2.45) is 0 Å². The molecule has 0 saturated carbocycles. The second-order valence-electron chi connectivity index (χ2n) is 8.15. The van der Waals surface area contributed by atoms with E-state index in [2.05, 4.69) is 34.5 Å². The molecule has 0 aliphatic carbocycles. The summed E-state index contributed by atoms with van der Waals surface area (Å²) in [6, 6.07) is 24.4. The molecule has 176 valence electrons. The number of methoxy groups -OCH3 is 1. The van der Waals surface area contributed by atoms with Gasteiger partial charge >= 0.3 is 0 Å². The number of carbonyl (C=O) groups is 2. The van der Waals surface area contributed by atoms with E-state index in [-0.39, 0.29) is 18.4 Å². The number of hydrogen-bond donors (Lipinski definition) is 1. The Morgan fingerprint density at radius 1 is 0.853 bits per heavy atom. The van der Waals surface area contributed by atoms with E-state index in [9.17, 15) is 9.59 Å². The number of benzene rings is 3. The van der Waals surface area contributed by atoms with Crippen LogP contribution in [0.25, 0.3) is 0 Å². The molecule has 0 bridgehead atoms. The first-order valence-corrected chi connectivity index (χ1v) is 11.3. The SMILES string of the molecule is COc1cccc(NC(=O)COc2ccc(C(=O)N3CCN(Cc4ccccc4)CC3)cc2)c1. The first-order chi connectivity index (χ1) is 16.6. The second kappa shape index (κ2) is 11.3. The molecule has 0 radical (unpaired) electrons. The monoisotopic (exact) mass is 459 g/mol. The maximum atomic E-state index is 12.9. The lowest BCUT2D eigenvalue weighted by Gasteiger charge is -2.34. The molecule has 7 nitrogen and oxygen atoms in total.